The van der Waals surface area contributed by atoms with Crippen molar-refractivity contribution in [2.45, 2.75) is 58.1 Å². The molecule has 0 unspecified atom stereocenters. The molecule has 0 bridgehead atoms. The first kappa shape index (κ1) is 21.7. The second-order valence-electron chi connectivity index (χ2n) is 7.44. The van der Waals surface area contributed by atoms with Crippen LogP contribution in [-0.4, -0.2) is 42.2 Å². The van der Waals surface area contributed by atoms with Gasteiger partial charge in [-0.3, -0.25) is 0 Å². The Hall–Kier alpha value is -2.63. The summed E-state index contributed by atoms with van der Waals surface area (Å²) in [6.07, 6.45) is -4.67. The molecule has 1 aliphatic heterocycles. The number of benzene rings is 1. The van der Waals surface area contributed by atoms with Crippen molar-refractivity contribution in [1.82, 2.24) is 4.90 Å². The normalized spacial score (nSPS) is 15.7. The Kier molecular flexibility index (Phi) is 6.65. The first-order chi connectivity index (χ1) is 13.0. The number of amides is 1. The molecule has 6 nitrogen and oxygen atoms in total. The van der Waals surface area contributed by atoms with E-state index in [0.29, 0.717) is 25.9 Å². The standard InChI is InChI=1S/C19H23F3N2O4/c1-18(2,3)28-17(25)24-10-7-14(8-11-24)26-15-5-4-13(6-9-23)16(12-15)27-19(20,21)22/h4-5,12,14H,6-8,10-11H2,1-3H3. The maximum absolute atomic E-state index is 12.6. The summed E-state index contributed by atoms with van der Waals surface area (Å²) in [7, 11) is 0. The van der Waals surface area contributed by atoms with Crippen molar-refractivity contribution < 1.29 is 32.2 Å². The van der Waals surface area contributed by atoms with E-state index in [9.17, 15) is 18.0 Å². The van der Waals surface area contributed by atoms with Crippen molar-refractivity contribution in [3.8, 4) is 17.6 Å². The van der Waals surface area contributed by atoms with E-state index in [1.807, 2.05) is 0 Å². The summed E-state index contributed by atoms with van der Waals surface area (Å²) in [5.74, 6) is -0.227. The summed E-state index contributed by atoms with van der Waals surface area (Å²) in [4.78, 5) is 13.7. The van der Waals surface area contributed by atoms with Gasteiger partial charge in [0.15, 0.2) is 0 Å². The van der Waals surface area contributed by atoms with Crippen LogP contribution < -0.4 is 9.47 Å². The van der Waals surface area contributed by atoms with E-state index in [4.69, 9.17) is 14.7 Å². The van der Waals surface area contributed by atoms with Crippen molar-refractivity contribution in [2.75, 3.05) is 13.1 Å². The molecule has 0 N–H and O–H groups in total. The fourth-order valence-corrected chi connectivity index (χ4v) is 2.73. The highest BCUT2D eigenvalue weighted by molar-refractivity contribution is 5.68. The van der Waals surface area contributed by atoms with Crippen LogP contribution in [0.3, 0.4) is 0 Å². The summed E-state index contributed by atoms with van der Waals surface area (Å²) in [6.45, 7) is 6.22. The topological polar surface area (TPSA) is 71.8 Å². The van der Waals surface area contributed by atoms with Gasteiger partial charge in [-0.15, -0.1) is 13.2 Å². The molecule has 1 fully saturated rings. The Morgan fingerprint density at radius 2 is 1.89 bits per heavy atom. The van der Waals surface area contributed by atoms with Crippen molar-refractivity contribution in [2.24, 2.45) is 0 Å². The lowest BCUT2D eigenvalue weighted by molar-refractivity contribution is -0.274. The Morgan fingerprint density at radius 3 is 2.43 bits per heavy atom. The van der Waals surface area contributed by atoms with Gasteiger partial charge < -0.3 is 19.1 Å². The van der Waals surface area contributed by atoms with Crippen LogP contribution in [-0.2, 0) is 11.2 Å². The third-order valence-electron chi connectivity index (χ3n) is 3.93. The Bertz CT molecular complexity index is 730. The second-order valence-corrected chi connectivity index (χ2v) is 7.44. The Balaban J connectivity index is 1.98. The Morgan fingerprint density at radius 1 is 1.25 bits per heavy atom. The summed E-state index contributed by atoms with van der Waals surface area (Å²) in [6, 6.07) is 5.84. The van der Waals surface area contributed by atoms with Gasteiger partial charge in [0.2, 0.25) is 0 Å². The highest BCUT2D eigenvalue weighted by atomic mass is 19.4. The first-order valence-corrected chi connectivity index (χ1v) is 8.87. The molecular formula is C19H23F3N2O4. The average Bonchev–Trinajstić information content (AvgIpc) is 2.55. The van der Waals surface area contributed by atoms with Gasteiger partial charge in [-0.2, -0.15) is 5.26 Å². The summed E-state index contributed by atoms with van der Waals surface area (Å²) in [5.41, 5.74) is -0.447. The van der Waals surface area contributed by atoms with Crippen LogP contribution in [0, 0.1) is 11.3 Å². The van der Waals surface area contributed by atoms with E-state index < -0.39 is 23.8 Å². The van der Waals surface area contributed by atoms with Gasteiger partial charge >= 0.3 is 12.5 Å². The molecule has 1 saturated heterocycles. The van der Waals surface area contributed by atoms with Crippen molar-refractivity contribution in [1.29, 1.82) is 5.26 Å². The third kappa shape index (κ3) is 6.83. The number of rotatable bonds is 4. The molecule has 1 aromatic carbocycles. The lowest BCUT2D eigenvalue weighted by Crippen LogP contribution is -2.44. The van der Waals surface area contributed by atoms with Crippen LogP contribution >= 0.6 is 0 Å². The van der Waals surface area contributed by atoms with Gasteiger partial charge in [0.25, 0.3) is 0 Å². The fraction of sp³-hybridized carbons (Fsp3) is 0.579. The van der Waals surface area contributed by atoms with Crippen LogP contribution in [0.25, 0.3) is 0 Å². The molecule has 1 heterocycles. The monoisotopic (exact) mass is 400 g/mol. The molecule has 0 aromatic heterocycles. The van der Waals surface area contributed by atoms with Crippen LogP contribution in [0.1, 0.15) is 39.2 Å². The molecule has 28 heavy (non-hydrogen) atoms. The van der Waals surface area contributed by atoms with E-state index in [1.54, 1.807) is 31.7 Å². The third-order valence-corrected chi connectivity index (χ3v) is 3.93. The first-order valence-electron chi connectivity index (χ1n) is 8.87. The van der Waals surface area contributed by atoms with Crippen molar-refractivity contribution in [3.63, 3.8) is 0 Å². The molecule has 0 atom stereocenters. The molecule has 2 rings (SSSR count). The van der Waals surface area contributed by atoms with Crippen LogP contribution in [0.15, 0.2) is 18.2 Å². The van der Waals surface area contributed by atoms with Crippen molar-refractivity contribution >= 4 is 6.09 Å². The predicted octanol–water partition coefficient (Wildman–Crippen LogP) is 4.43. The number of ether oxygens (including phenoxy) is 3. The second kappa shape index (κ2) is 8.59. The highest BCUT2D eigenvalue weighted by Crippen LogP contribution is 2.31. The molecule has 1 amide bonds. The van der Waals surface area contributed by atoms with E-state index in [-0.39, 0.29) is 23.8 Å². The number of piperidine rings is 1. The highest BCUT2D eigenvalue weighted by Gasteiger charge is 2.33. The molecule has 154 valence electrons. The summed E-state index contributed by atoms with van der Waals surface area (Å²) >= 11 is 0. The molecule has 0 saturated carbocycles. The number of likely N-dealkylation sites (tertiary alicyclic amines) is 1. The van der Waals surface area contributed by atoms with Gasteiger partial charge in [0, 0.05) is 37.6 Å². The van der Waals surface area contributed by atoms with Gasteiger partial charge in [-0.05, 0) is 26.8 Å². The van der Waals surface area contributed by atoms with Crippen molar-refractivity contribution in [3.05, 3.63) is 23.8 Å². The fourth-order valence-electron chi connectivity index (χ4n) is 2.73. The maximum atomic E-state index is 12.6. The van der Waals surface area contributed by atoms with Gasteiger partial charge in [-0.1, -0.05) is 6.07 Å². The number of nitrogens with zero attached hydrogens (tertiary/aromatic N) is 2. The molecule has 9 heteroatoms. The number of nitriles is 1. The summed E-state index contributed by atoms with van der Waals surface area (Å²) < 4.78 is 52.9. The number of alkyl halides is 3. The Labute approximate surface area is 161 Å². The lowest BCUT2D eigenvalue weighted by atomic mass is 10.1. The number of hydrogen-bond donors (Lipinski definition) is 0. The van der Waals surface area contributed by atoms with Crippen LogP contribution in [0.4, 0.5) is 18.0 Å². The smallest absolute Gasteiger partial charge is 0.490 e. The number of carbonyl (C=O) groups excluding carboxylic acids is 1. The van der Waals surface area contributed by atoms with Gasteiger partial charge in [0.05, 0.1) is 12.5 Å². The minimum absolute atomic E-state index is 0.131. The van der Waals surface area contributed by atoms with E-state index >= 15 is 0 Å². The van der Waals surface area contributed by atoms with Crippen LogP contribution in [0.2, 0.25) is 0 Å². The lowest BCUT2D eigenvalue weighted by Gasteiger charge is -2.33. The molecule has 1 aromatic rings. The maximum Gasteiger partial charge on any atom is 0.573 e. The van der Waals surface area contributed by atoms with Gasteiger partial charge in [-0.25, -0.2) is 4.79 Å². The van der Waals surface area contributed by atoms with E-state index in [2.05, 4.69) is 4.74 Å². The summed E-state index contributed by atoms with van der Waals surface area (Å²) in [5, 5.41) is 8.75. The molecular weight excluding hydrogens is 377 g/mol. The molecule has 0 aliphatic carbocycles. The van der Waals surface area contributed by atoms with E-state index in [0.717, 1.165) is 6.07 Å². The SMILES string of the molecule is CC(C)(C)OC(=O)N1CCC(Oc2ccc(CC#N)c(OC(F)(F)F)c2)CC1. The van der Waals surface area contributed by atoms with Gasteiger partial charge in [0.1, 0.15) is 23.2 Å². The largest absolute Gasteiger partial charge is 0.573 e. The molecule has 0 radical (unpaired) electrons. The van der Waals surface area contributed by atoms with Crippen LogP contribution in [0.5, 0.6) is 11.5 Å². The zero-order chi connectivity index (χ0) is 20.9. The molecule has 0 spiro atoms. The number of halogens is 3. The predicted molar refractivity (Wildman–Crippen MR) is 93.9 cm³/mol. The number of hydrogen-bond acceptors (Lipinski definition) is 5. The zero-order valence-corrected chi connectivity index (χ0v) is 16.0. The minimum Gasteiger partial charge on any atom is -0.490 e. The quantitative estimate of drug-likeness (QED) is 0.748. The zero-order valence-electron chi connectivity index (χ0n) is 16.0. The minimum atomic E-state index is -4.86. The average molecular weight is 400 g/mol. The molecule has 1 aliphatic rings. The number of carbonyl (C=O) groups is 1. The van der Waals surface area contributed by atoms with E-state index in [1.165, 1.54) is 12.1 Å².